The third kappa shape index (κ3) is 2.63. The van der Waals surface area contributed by atoms with Gasteiger partial charge in [-0.05, 0) is 43.9 Å². The highest BCUT2D eigenvalue weighted by Crippen LogP contribution is 2.37. The summed E-state index contributed by atoms with van der Waals surface area (Å²) >= 11 is 0. The van der Waals surface area contributed by atoms with Gasteiger partial charge in [0.25, 0.3) is 0 Å². The van der Waals surface area contributed by atoms with Gasteiger partial charge in [0.2, 0.25) is 0 Å². The molecule has 0 aromatic rings. The lowest BCUT2D eigenvalue weighted by Gasteiger charge is -2.39. The summed E-state index contributed by atoms with van der Waals surface area (Å²) in [5, 5.41) is 8.86. The summed E-state index contributed by atoms with van der Waals surface area (Å²) in [7, 11) is 0. The third-order valence-electron chi connectivity index (χ3n) is 5.26. The van der Waals surface area contributed by atoms with Crippen LogP contribution in [0.3, 0.4) is 0 Å². The van der Waals surface area contributed by atoms with Crippen molar-refractivity contribution in [3.8, 4) is 0 Å². The van der Waals surface area contributed by atoms with Crippen molar-refractivity contribution in [1.29, 1.82) is 0 Å². The van der Waals surface area contributed by atoms with Crippen LogP contribution in [-0.4, -0.2) is 52.6 Å². The molecular formula is C15H24N2O3. The topological polar surface area (TPSA) is 60.9 Å². The van der Waals surface area contributed by atoms with E-state index in [1.807, 2.05) is 4.90 Å². The molecule has 0 radical (unpaired) electrons. The molecule has 3 rings (SSSR count). The molecule has 3 aliphatic rings. The number of carboxylic acid groups (broad SMARTS) is 1. The van der Waals surface area contributed by atoms with Crippen LogP contribution in [0.1, 0.15) is 44.9 Å². The van der Waals surface area contributed by atoms with E-state index in [-0.39, 0.29) is 18.4 Å². The fourth-order valence-corrected chi connectivity index (χ4v) is 4.29. The Balaban J connectivity index is 1.60. The molecule has 2 aliphatic heterocycles. The van der Waals surface area contributed by atoms with Gasteiger partial charge in [0.1, 0.15) is 0 Å². The van der Waals surface area contributed by atoms with Crippen molar-refractivity contribution in [1.82, 2.24) is 9.80 Å². The lowest BCUT2D eigenvalue weighted by molar-refractivity contribution is -0.138. The van der Waals surface area contributed by atoms with Crippen molar-refractivity contribution in [2.45, 2.75) is 51.0 Å². The lowest BCUT2D eigenvalue weighted by Crippen LogP contribution is -2.51. The second kappa shape index (κ2) is 5.62. The highest BCUT2D eigenvalue weighted by atomic mass is 16.4. The molecule has 0 spiro atoms. The normalized spacial score (nSPS) is 33.3. The molecule has 1 aliphatic carbocycles. The van der Waals surface area contributed by atoms with Gasteiger partial charge >= 0.3 is 12.0 Å². The molecule has 3 unspecified atom stereocenters. The van der Waals surface area contributed by atoms with Gasteiger partial charge in [-0.25, -0.2) is 4.79 Å². The first-order valence-corrected chi connectivity index (χ1v) is 7.92. The minimum absolute atomic E-state index is 0.139. The molecule has 5 heteroatoms. The van der Waals surface area contributed by atoms with Gasteiger partial charge in [0, 0.05) is 32.1 Å². The van der Waals surface area contributed by atoms with Crippen LogP contribution < -0.4 is 0 Å². The average Bonchev–Trinajstić information content (AvgIpc) is 3.05. The summed E-state index contributed by atoms with van der Waals surface area (Å²) in [4.78, 5) is 27.4. The summed E-state index contributed by atoms with van der Waals surface area (Å²) < 4.78 is 0. The number of aliphatic carboxylic acids is 1. The number of carboxylic acids is 1. The monoisotopic (exact) mass is 280 g/mol. The molecule has 1 N–H and O–H groups in total. The summed E-state index contributed by atoms with van der Waals surface area (Å²) in [6.07, 6.45) is 7.10. The second-order valence-corrected chi connectivity index (χ2v) is 6.58. The number of urea groups is 1. The van der Waals surface area contributed by atoms with Gasteiger partial charge in [-0.3, -0.25) is 4.79 Å². The molecule has 0 aromatic carbocycles. The maximum Gasteiger partial charge on any atom is 0.320 e. The van der Waals surface area contributed by atoms with Crippen molar-refractivity contribution in [2.24, 2.45) is 11.8 Å². The van der Waals surface area contributed by atoms with E-state index < -0.39 is 5.97 Å². The zero-order valence-electron chi connectivity index (χ0n) is 12.0. The number of piperidine rings is 1. The predicted octanol–water partition coefficient (Wildman–Crippen LogP) is 2.17. The first-order chi connectivity index (χ1) is 9.65. The Morgan fingerprint density at radius 1 is 1.05 bits per heavy atom. The molecule has 3 atom stereocenters. The maximum atomic E-state index is 12.7. The molecule has 5 nitrogen and oxygen atoms in total. The van der Waals surface area contributed by atoms with Crippen molar-refractivity contribution in [3.05, 3.63) is 0 Å². The van der Waals surface area contributed by atoms with E-state index in [9.17, 15) is 9.59 Å². The summed E-state index contributed by atoms with van der Waals surface area (Å²) in [5.74, 6) is 0.101. The Morgan fingerprint density at radius 3 is 2.65 bits per heavy atom. The lowest BCUT2D eigenvalue weighted by atomic mass is 9.92. The van der Waals surface area contributed by atoms with Gasteiger partial charge < -0.3 is 14.9 Å². The van der Waals surface area contributed by atoms with Crippen LogP contribution >= 0.6 is 0 Å². The first kappa shape index (κ1) is 13.7. The standard InChI is InChI=1S/C15H24N2O3/c18-14(19)9-11-6-8-16(10-11)15(20)17-7-2-4-12-3-1-5-13(12)17/h11-13H,1-10H2,(H,18,19). The van der Waals surface area contributed by atoms with Gasteiger partial charge in [0.05, 0.1) is 0 Å². The van der Waals surface area contributed by atoms with Crippen molar-refractivity contribution < 1.29 is 14.7 Å². The van der Waals surface area contributed by atoms with Crippen LogP contribution in [0.15, 0.2) is 0 Å². The SMILES string of the molecule is O=C(O)CC1CCN(C(=O)N2CCCC3CCCC32)C1. The Kier molecular flexibility index (Phi) is 3.85. The first-order valence-electron chi connectivity index (χ1n) is 7.92. The van der Waals surface area contributed by atoms with Gasteiger partial charge in [-0.1, -0.05) is 6.42 Å². The van der Waals surface area contributed by atoms with Crippen LogP contribution in [-0.2, 0) is 4.79 Å². The molecule has 2 amide bonds. The number of carbonyl (C=O) groups excluding carboxylic acids is 1. The zero-order chi connectivity index (χ0) is 14.1. The van der Waals surface area contributed by atoms with E-state index in [0.29, 0.717) is 18.5 Å². The Bertz CT molecular complexity index is 399. The molecule has 112 valence electrons. The van der Waals surface area contributed by atoms with E-state index in [4.69, 9.17) is 5.11 Å². The number of hydrogen-bond acceptors (Lipinski definition) is 2. The Hall–Kier alpha value is -1.26. The number of likely N-dealkylation sites (tertiary alicyclic amines) is 2. The molecule has 0 aromatic heterocycles. The molecule has 1 saturated carbocycles. The fraction of sp³-hybridized carbons (Fsp3) is 0.867. The van der Waals surface area contributed by atoms with Crippen LogP contribution in [0.5, 0.6) is 0 Å². The zero-order valence-corrected chi connectivity index (χ0v) is 12.0. The number of amides is 2. The number of fused-ring (bicyclic) bond motifs is 1. The van der Waals surface area contributed by atoms with Crippen LogP contribution in [0.4, 0.5) is 4.79 Å². The van der Waals surface area contributed by atoms with E-state index in [1.165, 1.54) is 19.3 Å². The van der Waals surface area contributed by atoms with Crippen molar-refractivity contribution >= 4 is 12.0 Å². The maximum absolute atomic E-state index is 12.7. The summed E-state index contributed by atoms with van der Waals surface area (Å²) in [6, 6.07) is 0.615. The predicted molar refractivity (Wildman–Crippen MR) is 74.4 cm³/mol. The third-order valence-corrected chi connectivity index (χ3v) is 5.26. The summed E-state index contributed by atoms with van der Waals surface area (Å²) in [5.41, 5.74) is 0. The largest absolute Gasteiger partial charge is 0.481 e. The van der Waals surface area contributed by atoms with E-state index in [1.54, 1.807) is 0 Å². The Morgan fingerprint density at radius 2 is 1.85 bits per heavy atom. The van der Waals surface area contributed by atoms with Crippen LogP contribution in [0.2, 0.25) is 0 Å². The smallest absolute Gasteiger partial charge is 0.320 e. The van der Waals surface area contributed by atoms with Gasteiger partial charge in [-0.15, -0.1) is 0 Å². The molecule has 20 heavy (non-hydrogen) atoms. The summed E-state index contributed by atoms with van der Waals surface area (Å²) in [6.45, 7) is 2.24. The van der Waals surface area contributed by atoms with E-state index in [0.717, 1.165) is 32.4 Å². The molecule has 0 bridgehead atoms. The quantitative estimate of drug-likeness (QED) is 0.843. The highest BCUT2D eigenvalue weighted by Gasteiger charge is 2.40. The average molecular weight is 280 g/mol. The van der Waals surface area contributed by atoms with E-state index in [2.05, 4.69) is 4.90 Å². The second-order valence-electron chi connectivity index (χ2n) is 6.58. The number of nitrogens with zero attached hydrogens (tertiary/aromatic N) is 2. The number of carbonyl (C=O) groups is 2. The number of rotatable bonds is 2. The highest BCUT2D eigenvalue weighted by molar-refractivity contribution is 5.75. The van der Waals surface area contributed by atoms with E-state index >= 15 is 0 Å². The number of hydrogen-bond donors (Lipinski definition) is 1. The van der Waals surface area contributed by atoms with Gasteiger partial charge in [0.15, 0.2) is 0 Å². The molecule has 2 saturated heterocycles. The molecule has 3 fully saturated rings. The van der Waals surface area contributed by atoms with Crippen molar-refractivity contribution in [2.75, 3.05) is 19.6 Å². The van der Waals surface area contributed by atoms with Crippen molar-refractivity contribution in [3.63, 3.8) is 0 Å². The Labute approximate surface area is 119 Å². The minimum Gasteiger partial charge on any atom is -0.481 e. The van der Waals surface area contributed by atoms with Gasteiger partial charge in [-0.2, -0.15) is 0 Å². The minimum atomic E-state index is -0.752. The molecule has 2 heterocycles. The van der Waals surface area contributed by atoms with Crippen LogP contribution in [0, 0.1) is 11.8 Å². The molecular weight excluding hydrogens is 256 g/mol. The van der Waals surface area contributed by atoms with Crippen LogP contribution in [0.25, 0.3) is 0 Å². The fourth-order valence-electron chi connectivity index (χ4n) is 4.29.